The molecule has 1 amide bonds. The summed E-state index contributed by atoms with van der Waals surface area (Å²) in [5.41, 5.74) is 9.98. The van der Waals surface area contributed by atoms with E-state index in [1.807, 2.05) is 12.1 Å². The maximum absolute atomic E-state index is 12.5. The van der Waals surface area contributed by atoms with Crippen LogP contribution in [0.3, 0.4) is 0 Å². The molecule has 3 heterocycles. The number of carbonyl (C=O) groups excluding carboxylic acids is 1. The molecule has 35 heavy (non-hydrogen) atoms. The Bertz CT molecular complexity index is 1280. The Kier molecular flexibility index (Phi) is 6.90. The highest BCUT2D eigenvalue weighted by Crippen LogP contribution is 2.22. The zero-order valence-corrected chi connectivity index (χ0v) is 19.7. The number of carbonyl (C=O) groups is 1. The second-order valence-electron chi connectivity index (χ2n) is 9.06. The van der Waals surface area contributed by atoms with Crippen LogP contribution >= 0.6 is 0 Å². The minimum Gasteiger partial charge on any atom is -0.397 e. The molecule has 180 valence electrons. The van der Waals surface area contributed by atoms with Crippen LogP contribution in [0, 0.1) is 5.92 Å². The number of anilines is 3. The lowest BCUT2D eigenvalue weighted by Crippen LogP contribution is -2.38. The minimum absolute atomic E-state index is 0.271. The fraction of sp³-hybridized carbons (Fsp3) is 0.296. The van der Waals surface area contributed by atoms with Crippen LogP contribution in [0.5, 0.6) is 0 Å². The van der Waals surface area contributed by atoms with Gasteiger partial charge in [0.15, 0.2) is 0 Å². The van der Waals surface area contributed by atoms with Crippen molar-refractivity contribution >= 4 is 34.1 Å². The van der Waals surface area contributed by atoms with Gasteiger partial charge in [-0.3, -0.25) is 4.79 Å². The van der Waals surface area contributed by atoms with Gasteiger partial charge in [-0.25, -0.2) is 9.97 Å². The molecule has 2 aromatic carbocycles. The number of H-pyrrole nitrogens is 1. The number of para-hydroxylation sites is 3. The highest BCUT2D eigenvalue weighted by Gasteiger charge is 2.21. The van der Waals surface area contributed by atoms with Crippen molar-refractivity contribution in [2.75, 3.05) is 42.1 Å². The molecule has 2 aromatic heterocycles. The number of aromatic nitrogens is 3. The zero-order chi connectivity index (χ0) is 24.0. The van der Waals surface area contributed by atoms with Crippen molar-refractivity contribution in [3.8, 4) is 0 Å². The van der Waals surface area contributed by atoms with Gasteiger partial charge in [0.2, 0.25) is 5.95 Å². The van der Waals surface area contributed by atoms with Crippen LogP contribution in [0.25, 0.3) is 10.9 Å². The van der Waals surface area contributed by atoms with Gasteiger partial charge < -0.3 is 26.3 Å². The van der Waals surface area contributed by atoms with Crippen molar-refractivity contribution in [2.24, 2.45) is 5.92 Å². The Morgan fingerprint density at radius 2 is 1.80 bits per heavy atom. The number of benzene rings is 2. The van der Waals surface area contributed by atoms with Crippen LogP contribution in [0.2, 0.25) is 0 Å². The second kappa shape index (κ2) is 10.6. The number of aromatic amines is 1. The minimum atomic E-state index is -0.271. The lowest BCUT2D eigenvalue weighted by Gasteiger charge is -2.32. The summed E-state index contributed by atoms with van der Waals surface area (Å²) in [5, 5.41) is 7.76. The summed E-state index contributed by atoms with van der Waals surface area (Å²) in [6, 6.07) is 15.6. The van der Waals surface area contributed by atoms with Gasteiger partial charge in [-0.15, -0.1) is 0 Å². The second-order valence-corrected chi connectivity index (χ2v) is 9.06. The Morgan fingerprint density at radius 3 is 2.60 bits per heavy atom. The number of hydrogen-bond acceptors (Lipinski definition) is 6. The molecule has 1 fully saturated rings. The maximum Gasteiger partial charge on any atom is 0.258 e. The molecule has 0 radical (unpaired) electrons. The van der Waals surface area contributed by atoms with Crippen LogP contribution in [0.15, 0.2) is 67.1 Å². The van der Waals surface area contributed by atoms with Crippen molar-refractivity contribution < 1.29 is 4.79 Å². The summed E-state index contributed by atoms with van der Waals surface area (Å²) in [5.74, 6) is 1.05. The lowest BCUT2D eigenvalue weighted by molar-refractivity contribution is 0.102. The van der Waals surface area contributed by atoms with E-state index in [1.54, 1.807) is 24.5 Å². The first kappa shape index (κ1) is 22.9. The van der Waals surface area contributed by atoms with Gasteiger partial charge in [0, 0.05) is 42.6 Å². The molecule has 5 rings (SSSR count). The van der Waals surface area contributed by atoms with E-state index in [1.165, 1.54) is 16.5 Å². The van der Waals surface area contributed by atoms with Crippen molar-refractivity contribution in [1.82, 2.24) is 20.3 Å². The van der Waals surface area contributed by atoms with Crippen molar-refractivity contribution in [1.29, 1.82) is 0 Å². The van der Waals surface area contributed by atoms with E-state index in [0.717, 1.165) is 45.4 Å². The van der Waals surface area contributed by atoms with Gasteiger partial charge in [-0.05, 0) is 62.0 Å². The number of nitrogens with zero attached hydrogens (tertiary/aromatic N) is 3. The molecule has 0 spiro atoms. The Balaban J connectivity index is 1.06. The number of rotatable bonds is 8. The Labute approximate surface area is 205 Å². The summed E-state index contributed by atoms with van der Waals surface area (Å²) in [4.78, 5) is 26.9. The summed E-state index contributed by atoms with van der Waals surface area (Å²) in [6.07, 6.45) is 8.49. The molecule has 0 bridgehead atoms. The fourth-order valence-corrected chi connectivity index (χ4v) is 4.61. The first-order valence-electron chi connectivity index (χ1n) is 12.2. The molecular formula is C27H31N7O. The smallest absolute Gasteiger partial charge is 0.258 e. The summed E-state index contributed by atoms with van der Waals surface area (Å²) < 4.78 is 0. The Hall–Kier alpha value is -3.91. The first-order chi connectivity index (χ1) is 17.2. The largest absolute Gasteiger partial charge is 0.397 e. The third-order valence-electron chi connectivity index (χ3n) is 6.69. The van der Waals surface area contributed by atoms with Crippen molar-refractivity contribution in [3.05, 3.63) is 78.2 Å². The number of nitrogen functional groups attached to an aromatic ring is 1. The average Bonchev–Trinajstić information content (AvgIpc) is 3.31. The van der Waals surface area contributed by atoms with Crippen molar-refractivity contribution in [3.63, 3.8) is 0 Å². The van der Waals surface area contributed by atoms with Gasteiger partial charge in [0.1, 0.15) is 0 Å². The predicted octanol–water partition coefficient (Wildman–Crippen LogP) is 3.84. The number of amides is 1. The monoisotopic (exact) mass is 469 g/mol. The van der Waals surface area contributed by atoms with Gasteiger partial charge >= 0.3 is 0 Å². The molecule has 0 unspecified atom stereocenters. The fourth-order valence-electron chi connectivity index (χ4n) is 4.61. The number of piperidine rings is 1. The first-order valence-corrected chi connectivity index (χ1v) is 12.2. The Morgan fingerprint density at radius 1 is 1.06 bits per heavy atom. The topological polar surface area (TPSA) is 112 Å². The summed E-state index contributed by atoms with van der Waals surface area (Å²) >= 11 is 0. The third kappa shape index (κ3) is 5.44. The quantitative estimate of drug-likeness (QED) is 0.230. The molecule has 0 saturated carbocycles. The van der Waals surface area contributed by atoms with E-state index in [-0.39, 0.29) is 5.91 Å². The molecular weight excluding hydrogens is 438 g/mol. The third-order valence-corrected chi connectivity index (χ3v) is 6.69. The SMILES string of the molecule is Nc1ccccc1NC(=O)c1cnc(N2CCC(CNCCc3c[nH]c4ccccc34)CC2)nc1. The number of nitrogens with two attached hydrogens (primary N) is 1. The van der Waals surface area contributed by atoms with E-state index in [2.05, 4.69) is 60.9 Å². The number of nitrogens with one attached hydrogen (secondary N) is 3. The summed E-state index contributed by atoms with van der Waals surface area (Å²) in [7, 11) is 0. The van der Waals surface area contributed by atoms with Gasteiger partial charge in [0.05, 0.1) is 16.9 Å². The molecule has 4 aromatic rings. The molecule has 5 N–H and O–H groups in total. The van der Waals surface area contributed by atoms with Gasteiger partial charge in [-0.1, -0.05) is 30.3 Å². The van der Waals surface area contributed by atoms with E-state index < -0.39 is 0 Å². The number of hydrogen-bond donors (Lipinski definition) is 4. The molecule has 8 heteroatoms. The maximum atomic E-state index is 12.5. The van der Waals surface area contributed by atoms with Crippen LogP contribution in [-0.2, 0) is 6.42 Å². The summed E-state index contributed by atoms with van der Waals surface area (Å²) in [6.45, 7) is 3.84. The lowest BCUT2D eigenvalue weighted by atomic mass is 9.97. The van der Waals surface area contributed by atoms with Crippen molar-refractivity contribution in [2.45, 2.75) is 19.3 Å². The molecule has 1 aliphatic rings. The normalized spacial score (nSPS) is 14.3. The zero-order valence-electron chi connectivity index (χ0n) is 19.7. The van der Waals surface area contributed by atoms with Crippen LogP contribution < -0.4 is 21.3 Å². The molecule has 1 saturated heterocycles. The highest BCUT2D eigenvalue weighted by molar-refractivity contribution is 6.05. The molecule has 0 atom stereocenters. The van der Waals surface area contributed by atoms with Crippen LogP contribution in [0.4, 0.5) is 17.3 Å². The van der Waals surface area contributed by atoms with Gasteiger partial charge in [-0.2, -0.15) is 0 Å². The van der Waals surface area contributed by atoms with Gasteiger partial charge in [0.25, 0.3) is 5.91 Å². The molecule has 8 nitrogen and oxygen atoms in total. The molecule has 0 aliphatic carbocycles. The van der Waals surface area contributed by atoms with Crippen LogP contribution in [-0.4, -0.2) is 47.0 Å². The highest BCUT2D eigenvalue weighted by atomic mass is 16.1. The molecule has 1 aliphatic heterocycles. The average molecular weight is 470 g/mol. The van der Waals surface area contributed by atoms with Crippen LogP contribution in [0.1, 0.15) is 28.8 Å². The van der Waals surface area contributed by atoms with E-state index in [9.17, 15) is 4.79 Å². The van der Waals surface area contributed by atoms with E-state index in [4.69, 9.17) is 5.73 Å². The number of fused-ring (bicyclic) bond motifs is 1. The standard InChI is InChI=1S/C27H31N7O/c28-23-6-2-4-8-25(23)33-26(35)21-17-31-27(32-18-21)34-13-10-19(11-14-34)15-29-12-9-20-16-30-24-7-3-1-5-22(20)24/h1-8,16-19,29-30H,9-15,28H2,(H,33,35). The van der Waals surface area contributed by atoms with E-state index in [0.29, 0.717) is 28.8 Å². The predicted molar refractivity (Wildman–Crippen MR) is 141 cm³/mol. The van der Waals surface area contributed by atoms with E-state index >= 15 is 0 Å².